The zero-order chi connectivity index (χ0) is 17.0. The van der Waals surface area contributed by atoms with Gasteiger partial charge in [0.1, 0.15) is 6.10 Å². The molecule has 2 rings (SSSR count). The third-order valence-electron chi connectivity index (χ3n) is 4.70. The Kier molecular flexibility index (Phi) is 6.41. The van der Waals surface area contributed by atoms with Crippen molar-refractivity contribution in [3.8, 4) is 0 Å². The van der Waals surface area contributed by atoms with Gasteiger partial charge >= 0.3 is 6.09 Å². The highest BCUT2D eigenvalue weighted by Crippen LogP contribution is 2.31. The zero-order valence-electron chi connectivity index (χ0n) is 14.6. The Morgan fingerprint density at radius 2 is 1.87 bits per heavy atom. The van der Waals surface area contributed by atoms with E-state index in [-0.39, 0.29) is 30.1 Å². The smallest absolute Gasteiger partial charge is 0.417 e. The van der Waals surface area contributed by atoms with Crippen LogP contribution in [-0.2, 0) is 19.0 Å². The van der Waals surface area contributed by atoms with Crippen LogP contribution >= 0.6 is 0 Å². The molecule has 0 radical (unpaired) electrons. The number of carbonyl (C=O) groups excluding carboxylic acids is 2. The van der Waals surface area contributed by atoms with Gasteiger partial charge in [-0.15, -0.1) is 0 Å². The molecule has 0 bridgehead atoms. The first-order chi connectivity index (χ1) is 11.0. The van der Waals surface area contributed by atoms with E-state index in [0.717, 1.165) is 25.7 Å². The molecule has 3 unspecified atom stereocenters. The summed E-state index contributed by atoms with van der Waals surface area (Å²) in [7, 11) is 1.60. The molecule has 0 aromatic rings. The van der Waals surface area contributed by atoms with Crippen LogP contribution in [0.25, 0.3) is 0 Å². The number of ether oxygens (including phenoxy) is 3. The van der Waals surface area contributed by atoms with E-state index in [9.17, 15) is 9.59 Å². The summed E-state index contributed by atoms with van der Waals surface area (Å²) < 4.78 is 16.3. The van der Waals surface area contributed by atoms with Gasteiger partial charge in [-0.1, -0.05) is 20.3 Å². The molecule has 3 atom stereocenters. The molecule has 2 aliphatic rings. The molecule has 6 heteroatoms. The van der Waals surface area contributed by atoms with Gasteiger partial charge in [0.25, 0.3) is 5.91 Å². The minimum absolute atomic E-state index is 0.0506. The van der Waals surface area contributed by atoms with Gasteiger partial charge in [0.2, 0.25) is 0 Å². The molecule has 132 valence electrons. The Bertz CT molecular complexity index is 419. The molecule has 2 fully saturated rings. The van der Waals surface area contributed by atoms with Crippen molar-refractivity contribution in [1.29, 1.82) is 0 Å². The average molecular weight is 327 g/mol. The molecule has 1 aliphatic heterocycles. The van der Waals surface area contributed by atoms with Crippen LogP contribution in [0.15, 0.2) is 0 Å². The number of β-lactam (4-membered cyclic amide) rings is 1. The van der Waals surface area contributed by atoms with E-state index in [2.05, 4.69) is 0 Å². The number of carbonyl (C=O) groups is 2. The normalized spacial score (nSPS) is 27.0. The first-order valence-electron chi connectivity index (χ1n) is 8.63. The number of methoxy groups -OCH3 is 1. The standard InChI is InChI=1S/C17H29NO5/c1-11(2)14-15(22-10-12(3)21-4)16(19)18(14)17(20)23-13-8-6-5-7-9-13/h11-15H,5-10H2,1-4H3. The largest absolute Gasteiger partial charge is 0.446 e. The maximum Gasteiger partial charge on any atom is 0.417 e. The van der Waals surface area contributed by atoms with E-state index >= 15 is 0 Å². The Balaban J connectivity index is 1.92. The van der Waals surface area contributed by atoms with E-state index in [1.807, 2.05) is 20.8 Å². The van der Waals surface area contributed by atoms with Crippen LogP contribution in [0.4, 0.5) is 4.79 Å². The van der Waals surface area contributed by atoms with E-state index in [1.165, 1.54) is 11.3 Å². The van der Waals surface area contributed by atoms with Gasteiger partial charge in [-0.3, -0.25) is 4.79 Å². The van der Waals surface area contributed by atoms with Crippen molar-refractivity contribution in [3.63, 3.8) is 0 Å². The van der Waals surface area contributed by atoms with Crippen LogP contribution in [0.5, 0.6) is 0 Å². The fraction of sp³-hybridized carbons (Fsp3) is 0.882. The number of imide groups is 1. The highest BCUT2D eigenvalue weighted by Gasteiger charge is 2.54. The molecule has 6 nitrogen and oxygen atoms in total. The Morgan fingerprint density at radius 3 is 2.43 bits per heavy atom. The first-order valence-corrected chi connectivity index (χ1v) is 8.63. The molecule has 0 spiro atoms. The lowest BCUT2D eigenvalue weighted by molar-refractivity contribution is -0.177. The van der Waals surface area contributed by atoms with Crippen molar-refractivity contribution in [2.24, 2.45) is 5.92 Å². The zero-order valence-corrected chi connectivity index (χ0v) is 14.6. The number of nitrogens with zero attached hydrogens (tertiary/aromatic N) is 1. The molecular weight excluding hydrogens is 298 g/mol. The second-order valence-electron chi connectivity index (χ2n) is 6.89. The van der Waals surface area contributed by atoms with E-state index in [4.69, 9.17) is 14.2 Å². The maximum atomic E-state index is 12.4. The summed E-state index contributed by atoms with van der Waals surface area (Å²) >= 11 is 0. The van der Waals surface area contributed by atoms with Crippen molar-refractivity contribution in [3.05, 3.63) is 0 Å². The topological polar surface area (TPSA) is 65.1 Å². The highest BCUT2D eigenvalue weighted by molar-refractivity contribution is 6.01. The molecule has 1 heterocycles. The molecule has 0 aromatic carbocycles. The summed E-state index contributed by atoms with van der Waals surface area (Å²) in [6.45, 7) is 6.17. The lowest BCUT2D eigenvalue weighted by Gasteiger charge is -2.47. The van der Waals surface area contributed by atoms with Crippen molar-refractivity contribution < 1.29 is 23.8 Å². The van der Waals surface area contributed by atoms with Gasteiger partial charge in [0.15, 0.2) is 6.10 Å². The summed E-state index contributed by atoms with van der Waals surface area (Å²) in [6.07, 6.45) is 3.92. The molecule has 1 aliphatic carbocycles. The molecule has 1 saturated heterocycles. The third kappa shape index (κ3) is 4.23. The SMILES string of the molecule is COC(C)COC1C(=O)N(C(=O)OC2CCCCC2)C1C(C)C. The molecule has 23 heavy (non-hydrogen) atoms. The minimum Gasteiger partial charge on any atom is -0.446 e. The predicted molar refractivity (Wildman–Crippen MR) is 85.0 cm³/mol. The molecule has 0 aromatic heterocycles. The Labute approximate surface area is 138 Å². The van der Waals surface area contributed by atoms with Crippen LogP contribution in [0, 0.1) is 5.92 Å². The lowest BCUT2D eigenvalue weighted by Crippen LogP contribution is -2.69. The Hall–Kier alpha value is -1.14. The van der Waals surface area contributed by atoms with Gasteiger partial charge in [-0.05, 0) is 38.5 Å². The molecule has 1 saturated carbocycles. The van der Waals surface area contributed by atoms with E-state index in [0.29, 0.717) is 6.61 Å². The van der Waals surface area contributed by atoms with Gasteiger partial charge in [0, 0.05) is 7.11 Å². The number of hydrogen-bond acceptors (Lipinski definition) is 5. The second kappa shape index (κ2) is 8.11. The average Bonchev–Trinajstić information content (AvgIpc) is 2.52. The molecule has 2 amide bonds. The van der Waals surface area contributed by atoms with Gasteiger partial charge in [-0.25, -0.2) is 9.69 Å². The third-order valence-corrected chi connectivity index (χ3v) is 4.70. The summed E-state index contributed by atoms with van der Waals surface area (Å²) in [5.74, 6) is -0.178. The second-order valence-corrected chi connectivity index (χ2v) is 6.89. The number of likely N-dealkylation sites (tertiary alicyclic amines) is 1. The summed E-state index contributed by atoms with van der Waals surface area (Å²) in [5.41, 5.74) is 0. The summed E-state index contributed by atoms with van der Waals surface area (Å²) in [5, 5.41) is 0. The van der Waals surface area contributed by atoms with Crippen molar-refractivity contribution in [1.82, 2.24) is 4.90 Å². The quantitative estimate of drug-likeness (QED) is 0.702. The fourth-order valence-corrected chi connectivity index (χ4v) is 3.20. The van der Waals surface area contributed by atoms with Crippen LogP contribution < -0.4 is 0 Å². The van der Waals surface area contributed by atoms with Gasteiger partial charge < -0.3 is 14.2 Å². The monoisotopic (exact) mass is 327 g/mol. The maximum absolute atomic E-state index is 12.4. The number of hydrogen-bond donors (Lipinski definition) is 0. The summed E-state index contributed by atoms with van der Waals surface area (Å²) in [4.78, 5) is 25.9. The minimum atomic E-state index is -0.577. The lowest BCUT2D eigenvalue weighted by atomic mass is 9.88. The van der Waals surface area contributed by atoms with E-state index in [1.54, 1.807) is 7.11 Å². The Morgan fingerprint density at radius 1 is 1.22 bits per heavy atom. The summed E-state index contributed by atoms with van der Waals surface area (Å²) in [6, 6.07) is -0.261. The van der Waals surface area contributed by atoms with Gasteiger partial charge in [-0.2, -0.15) is 0 Å². The fourth-order valence-electron chi connectivity index (χ4n) is 3.20. The van der Waals surface area contributed by atoms with Crippen LogP contribution in [0.3, 0.4) is 0 Å². The van der Waals surface area contributed by atoms with Crippen LogP contribution in [0.1, 0.15) is 52.9 Å². The molecular formula is C17H29NO5. The first kappa shape index (κ1) is 18.2. The highest BCUT2D eigenvalue weighted by atomic mass is 16.6. The van der Waals surface area contributed by atoms with Crippen LogP contribution in [-0.4, -0.2) is 55.0 Å². The van der Waals surface area contributed by atoms with Crippen molar-refractivity contribution in [2.45, 2.75) is 77.2 Å². The predicted octanol–water partition coefficient (Wildman–Crippen LogP) is 2.74. The van der Waals surface area contributed by atoms with Crippen molar-refractivity contribution >= 4 is 12.0 Å². The van der Waals surface area contributed by atoms with Crippen LogP contribution in [0.2, 0.25) is 0 Å². The number of rotatable bonds is 6. The molecule has 0 N–H and O–H groups in total. The van der Waals surface area contributed by atoms with Gasteiger partial charge in [0.05, 0.1) is 18.8 Å². The number of amides is 2. The van der Waals surface area contributed by atoms with E-state index < -0.39 is 12.2 Å². The van der Waals surface area contributed by atoms with Crippen molar-refractivity contribution in [2.75, 3.05) is 13.7 Å².